The fourth-order valence-corrected chi connectivity index (χ4v) is 11.1. The molecule has 6 aliphatic heterocycles. The Bertz CT molecular complexity index is 1360. The number of amides is 8. The third-order valence-electron chi connectivity index (χ3n) is 9.02. The molecule has 42 heavy (non-hydrogen) atoms. The summed E-state index contributed by atoms with van der Waals surface area (Å²) in [7, 11) is 5.78. The summed E-state index contributed by atoms with van der Waals surface area (Å²) in [6.07, 6.45) is 1.49. The molecule has 0 bridgehead atoms. The van der Waals surface area contributed by atoms with Gasteiger partial charge in [0.15, 0.2) is 10.2 Å². The van der Waals surface area contributed by atoms with Gasteiger partial charge >= 0.3 is 24.1 Å². The van der Waals surface area contributed by atoms with Crippen LogP contribution >= 0.6 is 21.7 Å². The molecule has 0 atom stereocenters. The Balaban J connectivity index is 1.15. The summed E-state index contributed by atoms with van der Waals surface area (Å²) in [4.78, 5) is 59.5. The van der Waals surface area contributed by atoms with Crippen LogP contribution in [0.5, 0.6) is 0 Å². The van der Waals surface area contributed by atoms with Gasteiger partial charge in [0.1, 0.15) is 0 Å². The van der Waals surface area contributed by atoms with Crippen LogP contribution in [-0.2, 0) is 18.3 Å². The molecule has 0 aromatic heterocycles. The van der Waals surface area contributed by atoms with E-state index >= 15 is 0 Å². The van der Waals surface area contributed by atoms with E-state index in [0.717, 1.165) is 23.1 Å². The van der Waals surface area contributed by atoms with Crippen LogP contribution in [0.1, 0.15) is 37.5 Å². The molecule has 0 spiro atoms. The largest absolute Gasteiger partial charge is 0.336 e. The maximum absolute atomic E-state index is 13.1. The summed E-state index contributed by atoms with van der Waals surface area (Å²) in [5, 5.41) is 1.63. The van der Waals surface area contributed by atoms with Crippen molar-refractivity contribution >= 4 is 56.1 Å². The molecule has 1 aromatic carbocycles. The number of carbonyl (C=O) groups is 4. The van der Waals surface area contributed by atoms with Crippen LogP contribution in [0.25, 0.3) is 0 Å². The fourth-order valence-electron chi connectivity index (χ4n) is 6.98. The van der Waals surface area contributed by atoms with E-state index in [1.807, 2.05) is 0 Å². The Kier molecular flexibility index (Phi) is 5.99. The smallest absolute Gasteiger partial charge is 0.271 e. The van der Waals surface area contributed by atoms with E-state index < -0.39 is 21.7 Å². The first-order valence-electron chi connectivity index (χ1n) is 14.3. The lowest BCUT2D eigenvalue weighted by Gasteiger charge is -2.38. The minimum absolute atomic E-state index is 0.0490. The average molecular weight is 615 g/mol. The Morgan fingerprint density at radius 2 is 0.905 bits per heavy atom. The first kappa shape index (κ1) is 27.6. The molecule has 0 unspecified atom stereocenters. The summed E-state index contributed by atoms with van der Waals surface area (Å²) in [5.74, 6) is 0.210. The predicted molar refractivity (Wildman–Crippen MR) is 164 cm³/mol. The summed E-state index contributed by atoms with van der Waals surface area (Å²) < 4.78 is 6.70. The monoisotopic (exact) mass is 614 g/mol. The van der Waals surface area contributed by atoms with Gasteiger partial charge in [-0.3, -0.25) is 36.8 Å². The highest BCUT2D eigenvalue weighted by Gasteiger charge is 2.53. The van der Waals surface area contributed by atoms with Gasteiger partial charge in [0.2, 0.25) is 0 Å². The third kappa shape index (κ3) is 3.83. The molecule has 12 nitrogen and oxygen atoms in total. The molecule has 226 valence electrons. The zero-order valence-electron chi connectivity index (χ0n) is 25.2. The highest BCUT2D eigenvalue weighted by molar-refractivity contribution is 8.13. The fraction of sp³-hybridized carbons (Fsp3) is 0.571. The number of hydrogen-bond acceptors (Lipinski definition) is 4. The van der Waals surface area contributed by atoms with Gasteiger partial charge in [0.05, 0.1) is 21.7 Å². The maximum Gasteiger partial charge on any atom is 0.336 e. The van der Waals surface area contributed by atoms with E-state index in [1.54, 1.807) is 65.0 Å². The molecule has 6 heterocycles. The summed E-state index contributed by atoms with van der Waals surface area (Å²) in [6.45, 7) is 8.98. The molecule has 0 radical (unpaired) electrons. The van der Waals surface area contributed by atoms with Crippen molar-refractivity contribution in [2.75, 3.05) is 54.4 Å². The average Bonchev–Trinajstić information content (AvgIpc) is 3.53. The summed E-state index contributed by atoms with van der Waals surface area (Å²) in [5.41, 5.74) is 3.52. The molecule has 2 fully saturated rings. The van der Waals surface area contributed by atoms with Gasteiger partial charge in [-0.15, -0.1) is 0 Å². The van der Waals surface area contributed by atoms with Crippen LogP contribution < -0.4 is 0 Å². The second-order valence-corrected chi connectivity index (χ2v) is 17.1. The Labute approximate surface area is 251 Å². The van der Waals surface area contributed by atoms with Crippen molar-refractivity contribution in [3.05, 3.63) is 34.9 Å². The van der Waals surface area contributed by atoms with Crippen LogP contribution in [0, 0.1) is 11.8 Å². The minimum Gasteiger partial charge on any atom is -0.271 e. The van der Waals surface area contributed by atoms with Crippen molar-refractivity contribution in [2.45, 2.75) is 39.0 Å². The van der Waals surface area contributed by atoms with Crippen molar-refractivity contribution in [2.24, 2.45) is 11.8 Å². The SMILES string of the molecule is CN1C(=O)N2CC(Cc3cc(CC4CN5C(=O)N(C)S6=C5N(C4)C(=O)N6C)cc(C(C)(C)C)c3)CN3C(=O)N(C)S1=C23. The standard InChI is InChI=1S/C28H38N8O4S2/c1-28(2,3)21-11-17(9-19-13-33-22(37)29(4)41-26(33)34(14-19)23(38)30(41)5)8-18(12-21)10-20-15-35-24(39)31(6)42-27(35)36(16-20)25(40)32(42)7/h8,11-12,19-20H,9-10,13-16H2,1-7H3. The topological polar surface area (TPSA) is 94.2 Å². The lowest BCUT2D eigenvalue weighted by molar-refractivity contribution is 0.165. The van der Waals surface area contributed by atoms with Gasteiger partial charge < -0.3 is 0 Å². The Morgan fingerprint density at radius 3 is 1.19 bits per heavy atom. The lowest BCUT2D eigenvalue weighted by atomic mass is 9.82. The zero-order chi connectivity index (χ0) is 30.0. The van der Waals surface area contributed by atoms with Crippen LogP contribution in [0.4, 0.5) is 19.2 Å². The van der Waals surface area contributed by atoms with Crippen molar-refractivity contribution in [3.63, 3.8) is 0 Å². The summed E-state index contributed by atoms with van der Waals surface area (Å²) in [6, 6.07) is 6.58. The minimum atomic E-state index is -0.651. The summed E-state index contributed by atoms with van der Waals surface area (Å²) >= 11 is 0. The number of nitrogens with zero attached hydrogens (tertiary/aromatic N) is 8. The number of urea groups is 4. The van der Waals surface area contributed by atoms with E-state index in [-0.39, 0.29) is 41.4 Å². The van der Waals surface area contributed by atoms with E-state index in [1.165, 1.54) is 16.7 Å². The Morgan fingerprint density at radius 1 is 0.595 bits per heavy atom. The highest BCUT2D eigenvalue weighted by atomic mass is 32.2. The second kappa shape index (κ2) is 9.12. The van der Waals surface area contributed by atoms with Crippen LogP contribution in [0.3, 0.4) is 0 Å². The first-order chi connectivity index (χ1) is 19.8. The van der Waals surface area contributed by atoms with Gasteiger partial charge in [-0.25, -0.2) is 19.2 Å². The van der Waals surface area contributed by atoms with Crippen molar-refractivity contribution < 1.29 is 19.2 Å². The first-order valence-corrected chi connectivity index (χ1v) is 16.6. The quantitative estimate of drug-likeness (QED) is 0.487. The molecule has 8 amide bonds. The van der Waals surface area contributed by atoms with Crippen molar-refractivity contribution in [3.8, 4) is 0 Å². The predicted octanol–water partition coefficient (Wildman–Crippen LogP) is 3.17. The molecular weight excluding hydrogens is 576 g/mol. The van der Waals surface area contributed by atoms with Crippen LogP contribution in [0.15, 0.2) is 18.2 Å². The molecule has 14 heteroatoms. The van der Waals surface area contributed by atoms with E-state index in [0.29, 0.717) is 26.2 Å². The molecule has 0 aliphatic carbocycles. The number of carbonyl (C=O) groups excluding carboxylic acids is 4. The molecule has 0 N–H and O–H groups in total. The van der Waals surface area contributed by atoms with Gasteiger partial charge in [0.25, 0.3) is 0 Å². The Hall–Kier alpha value is -3.26. The van der Waals surface area contributed by atoms with Gasteiger partial charge in [-0.05, 0) is 46.8 Å². The number of benzene rings is 1. The van der Waals surface area contributed by atoms with E-state index in [4.69, 9.17) is 0 Å². The van der Waals surface area contributed by atoms with Gasteiger partial charge in [-0.2, -0.15) is 0 Å². The molecule has 7 rings (SSSR count). The number of hydrogen-bond donors (Lipinski definition) is 0. The zero-order valence-corrected chi connectivity index (χ0v) is 26.8. The molecular formula is C28H38N8O4S2. The molecule has 1 aromatic rings. The van der Waals surface area contributed by atoms with Gasteiger partial charge in [0, 0.05) is 54.4 Å². The number of rotatable bonds is 4. The van der Waals surface area contributed by atoms with E-state index in [2.05, 4.69) is 39.0 Å². The molecule has 2 saturated heterocycles. The maximum atomic E-state index is 13.1. The second-order valence-electron chi connectivity index (χ2n) is 13.1. The van der Waals surface area contributed by atoms with Crippen LogP contribution in [-0.4, -0.2) is 126 Å². The van der Waals surface area contributed by atoms with Crippen LogP contribution in [0.2, 0.25) is 0 Å². The van der Waals surface area contributed by atoms with Crippen molar-refractivity contribution in [1.82, 2.24) is 36.8 Å². The highest BCUT2D eigenvalue weighted by Crippen LogP contribution is 2.44. The lowest BCUT2D eigenvalue weighted by Crippen LogP contribution is -2.56. The molecule has 0 saturated carbocycles. The normalized spacial score (nSPS) is 23.7. The van der Waals surface area contributed by atoms with Gasteiger partial charge in [-0.1, -0.05) is 39.0 Å². The van der Waals surface area contributed by atoms with Crippen molar-refractivity contribution in [1.29, 1.82) is 0 Å². The molecule has 6 aliphatic rings. The third-order valence-corrected chi connectivity index (χ3v) is 13.3. The van der Waals surface area contributed by atoms with E-state index in [9.17, 15) is 19.2 Å².